The average Bonchev–Trinajstić information content (AvgIpc) is 3.25. The van der Waals surface area contributed by atoms with Gasteiger partial charge in [-0.2, -0.15) is 0 Å². The molecule has 2 unspecified atom stereocenters. The van der Waals surface area contributed by atoms with Gasteiger partial charge in [0.05, 0.1) is 11.7 Å². The summed E-state index contributed by atoms with van der Waals surface area (Å²) in [6.45, 7) is 7.53. The van der Waals surface area contributed by atoms with Crippen LogP contribution in [0.5, 0.6) is 0 Å². The Kier molecular flexibility index (Phi) is 4.18. The number of nitrogens with zero attached hydrogens (tertiary/aromatic N) is 3. The van der Waals surface area contributed by atoms with Crippen molar-refractivity contribution in [2.24, 2.45) is 5.92 Å². The molecule has 2 fully saturated rings. The zero-order chi connectivity index (χ0) is 21.7. The number of urea groups is 1. The van der Waals surface area contributed by atoms with Gasteiger partial charge < -0.3 is 19.9 Å². The van der Waals surface area contributed by atoms with Crippen LogP contribution < -0.4 is 5.32 Å². The summed E-state index contributed by atoms with van der Waals surface area (Å²) in [5.41, 5.74) is 4.99. The summed E-state index contributed by atoms with van der Waals surface area (Å²) in [5.74, 6) is 0.100. The highest BCUT2D eigenvalue weighted by molar-refractivity contribution is 6.35. The van der Waals surface area contributed by atoms with Crippen LogP contribution in [0.15, 0.2) is 35.3 Å². The Morgan fingerprint density at radius 1 is 1.23 bits per heavy atom. The van der Waals surface area contributed by atoms with E-state index in [4.69, 9.17) is 27.9 Å². The molecule has 0 spiro atoms. The first-order valence-electron chi connectivity index (χ1n) is 10.9. The molecule has 0 radical (unpaired) electrons. The summed E-state index contributed by atoms with van der Waals surface area (Å²) in [6.07, 6.45) is 2.92. The number of benzene rings is 1. The number of rotatable bonds is 1. The Labute approximate surface area is 192 Å². The lowest BCUT2D eigenvalue weighted by Gasteiger charge is -2.55. The molecule has 2 saturated heterocycles. The highest BCUT2D eigenvalue weighted by Gasteiger charge is 2.55. The van der Waals surface area contributed by atoms with E-state index >= 15 is 0 Å². The van der Waals surface area contributed by atoms with Crippen molar-refractivity contribution in [1.29, 1.82) is 0 Å². The third-order valence-corrected chi connectivity index (χ3v) is 8.10. The molecule has 0 bridgehead atoms. The predicted molar refractivity (Wildman–Crippen MR) is 120 cm³/mol. The first-order chi connectivity index (χ1) is 14.8. The molecule has 5 aliphatic rings. The van der Waals surface area contributed by atoms with Crippen LogP contribution in [0.4, 0.5) is 4.79 Å². The first kappa shape index (κ1) is 19.8. The maximum absolute atomic E-state index is 12.8. The lowest BCUT2D eigenvalue weighted by atomic mass is 9.80. The van der Waals surface area contributed by atoms with Crippen molar-refractivity contribution in [1.82, 2.24) is 20.0 Å². The Hall–Kier alpha value is -1.89. The zero-order valence-corrected chi connectivity index (χ0v) is 19.4. The molecule has 2 aliphatic carbocycles. The van der Waals surface area contributed by atoms with E-state index in [2.05, 4.69) is 30.1 Å². The van der Waals surface area contributed by atoms with Crippen molar-refractivity contribution in [2.75, 3.05) is 33.2 Å². The van der Waals surface area contributed by atoms with E-state index in [1.54, 1.807) is 4.90 Å². The van der Waals surface area contributed by atoms with Crippen LogP contribution in [0.25, 0.3) is 0 Å². The van der Waals surface area contributed by atoms with Gasteiger partial charge in [0.25, 0.3) is 0 Å². The summed E-state index contributed by atoms with van der Waals surface area (Å²) in [5, 5.41) is 5.00. The lowest BCUT2D eigenvalue weighted by Crippen LogP contribution is -2.60. The number of likely N-dealkylation sites (N-methyl/N-ethyl adjacent to an activating group) is 1. The largest absolute Gasteiger partial charge is 0.385 e. The molecule has 0 aromatic heterocycles. The van der Waals surface area contributed by atoms with Gasteiger partial charge in [0.2, 0.25) is 0 Å². The van der Waals surface area contributed by atoms with Crippen LogP contribution in [-0.4, -0.2) is 65.6 Å². The highest BCUT2D eigenvalue weighted by atomic mass is 35.5. The number of carbonyl (C=O) groups is 1. The number of hydrogen-bond acceptors (Lipinski definition) is 4. The summed E-state index contributed by atoms with van der Waals surface area (Å²) in [7, 11) is 1.86. The molecular weight excluding hydrogens is 435 g/mol. The third-order valence-electron chi connectivity index (χ3n) is 7.54. The molecule has 8 heteroatoms. The molecule has 6 rings (SSSR count). The number of carbonyl (C=O) groups excluding carboxylic acids is 1. The van der Waals surface area contributed by atoms with Crippen molar-refractivity contribution < 1.29 is 9.53 Å². The van der Waals surface area contributed by atoms with Gasteiger partial charge in [-0.1, -0.05) is 30.1 Å². The molecule has 3 aliphatic heterocycles. The van der Waals surface area contributed by atoms with Crippen LogP contribution in [0, 0.1) is 5.92 Å². The highest BCUT2D eigenvalue weighted by Crippen LogP contribution is 2.54. The van der Waals surface area contributed by atoms with E-state index in [1.807, 2.05) is 24.1 Å². The molecule has 2 amide bonds. The second kappa shape index (κ2) is 6.56. The molecule has 164 valence electrons. The smallest absolute Gasteiger partial charge is 0.324 e. The van der Waals surface area contributed by atoms with E-state index < -0.39 is 5.60 Å². The van der Waals surface area contributed by atoms with Crippen LogP contribution in [0.3, 0.4) is 0 Å². The standard InChI is InChI=1S/C23H26Cl2N4O2/c1-12-18(29-7-6-27(3)22(29)30)11-23(2)21-19(12)26-4-5-28(21)17-10-14-15(20(17)31-23)8-13(24)9-16(14)25/h8-9,11-12,17,20,26H,4-7,10H2,1-3H3/t12?,17-,20-,23?/m0/s1. The molecule has 1 aromatic rings. The average molecular weight is 461 g/mol. The minimum atomic E-state index is -0.635. The van der Waals surface area contributed by atoms with Gasteiger partial charge in [0.1, 0.15) is 11.7 Å². The first-order valence-corrected chi connectivity index (χ1v) is 11.7. The number of morpholine rings is 1. The monoisotopic (exact) mass is 460 g/mol. The van der Waals surface area contributed by atoms with Gasteiger partial charge in [-0.05, 0) is 42.7 Å². The van der Waals surface area contributed by atoms with Gasteiger partial charge >= 0.3 is 6.03 Å². The number of nitrogens with one attached hydrogen (secondary N) is 1. The fraction of sp³-hybridized carbons (Fsp3) is 0.522. The lowest BCUT2D eigenvalue weighted by molar-refractivity contribution is -0.123. The number of halogens is 2. The molecule has 6 nitrogen and oxygen atoms in total. The summed E-state index contributed by atoms with van der Waals surface area (Å²) in [4.78, 5) is 19.0. The van der Waals surface area contributed by atoms with Crippen molar-refractivity contribution in [3.63, 3.8) is 0 Å². The quantitative estimate of drug-likeness (QED) is 0.692. The molecule has 4 atom stereocenters. The van der Waals surface area contributed by atoms with Crippen molar-refractivity contribution >= 4 is 29.2 Å². The van der Waals surface area contributed by atoms with Crippen molar-refractivity contribution in [3.8, 4) is 0 Å². The van der Waals surface area contributed by atoms with Crippen LogP contribution in [0.2, 0.25) is 10.0 Å². The Morgan fingerprint density at radius 2 is 2.03 bits per heavy atom. The second-order valence-corrected chi connectivity index (χ2v) is 10.2. The molecular formula is C23H26Cl2N4O2. The molecule has 3 heterocycles. The fourth-order valence-electron chi connectivity index (χ4n) is 6.11. The van der Waals surface area contributed by atoms with Gasteiger partial charge in [0.15, 0.2) is 0 Å². The zero-order valence-electron chi connectivity index (χ0n) is 17.9. The van der Waals surface area contributed by atoms with Crippen molar-refractivity contribution in [3.05, 3.63) is 56.5 Å². The van der Waals surface area contributed by atoms with Gasteiger partial charge in [-0.25, -0.2) is 4.79 Å². The van der Waals surface area contributed by atoms with Crippen LogP contribution >= 0.6 is 23.2 Å². The SMILES string of the molecule is CC1C(N2CCN(C)C2=O)=CC2(C)O[C@H]3c4cc(Cl)cc(Cl)c4C[C@@H]3N3CCNC1=C32. The van der Waals surface area contributed by atoms with Crippen LogP contribution in [-0.2, 0) is 11.2 Å². The Morgan fingerprint density at radius 3 is 2.77 bits per heavy atom. The number of fused-ring (bicyclic) bond motifs is 4. The van der Waals surface area contributed by atoms with Crippen molar-refractivity contribution in [2.45, 2.75) is 38.0 Å². The van der Waals surface area contributed by atoms with Gasteiger partial charge in [-0.3, -0.25) is 4.90 Å². The summed E-state index contributed by atoms with van der Waals surface area (Å²) >= 11 is 12.9. The Bertz CT molecular complexity index is 1070. The Balaban J connectivity index is 1.48. The van der Waals surface area contributed by atoms with E-state index in [-0.39, 0.29) is 24.1 Å². The van der Waals surface area contributed by atoms with E-state index in [0.717, 1.165) is 42.9 Å². The number of amides is 2. The van der Waals surface area contributed by atoms with Crippen LogP contribution in [0.1, 0.15) is 31.1 Å². The van der Waals surface area contributed by atoms with E-state index in [0.29, 0.717) is 16.6 Å². The summed E-state index contributed by atoms with van der Waals surface area (Å²) < 4.78 is 6.89. The molecule has 0 saturated carbocycles. The topological polar surface area (TPSA) is 48.1 Å². The van der Waals surface area contributed by atoms with E-state index in [9.17, 15) is 4.79 Å². The molecule has 31 heavy (non-hydrogen) atoms. The minimum Gasteiger partial charge on any atom is -0.385 e. The number of ether oxygens (including phenoxy) is 1. The second-order valence-electron chi connectivity index (χ2n) is 9.40. The predicted octanol–water partition coefficient (Wildman–Crippen LogP) is 3.77. The fourth-order valence-corrected chi connectivity index (χ4v) is 6.70. The summed E-state index contributed by atoms with van der Waals surface area (Å²) in [6, 6.07) is 4.08. The van der Waals surface area contributed by atoms with E-state index in [1.165, 1.54) is 11.4 Å². The minimum absolute atomic E-state index is 0.0527. The van der Waals surface area contributed by atoms with Gasteiger partial charge in [0, 0.05) is 60.6 Å². The maximum atomic E-state index is 12.8. The molecule has 1 N–H and O–H groups in total. The maximum Gasteiger partial charge on any atom is 0.324 e. The van der Waals surface area contributed by atoms with Gasteiger partial charge in [-0.15, -0.1) is 0 Å². The third kappa shape index (κ3) is 2.65. The molecule has 1 aromatic carbocycles. The number of hydrogen-bond donors (Lipinski definition) is 1. The normalized spacial score (nSPS) is 33.8.